The third-order valence-corrected chi connectivity index (χ3v) is 4.34. The summed E-state index contributed by atoms with van der Waals surface area (Å²) in [5.74, 6) is 0.308. The maximum atomic E-state index is 12.3. The van der Waals surface area contributed by atoms with Gasteiger partial charge in [0.15, 0.2) is 0 Å². The zero-order valence-corrected chi connectivity index (χ0v) is 14.0. The maximum Gasteiger partial charge on any atom is 0.242 e. The Morgan fingerprint density at radius 2 is 1.95 bits per heavy atom. The van der Waals surface area contributed by atoms with Crippen LogP contribution >= 0.6 is 0 Å². The Balaban J connectivity index is 2.46. The van der Waals surface area contributed by atoms with Gasteiger partial charge in [-0.3, -0.25) is 9.59 Å². The molecule has 22 heavy (non-hydrogen) atoms. The Labute approximate surface area is 134 Å². The first kappa shape index (κ1) is 18.7. The topological polar surface area (TPSA) is 75.4 Å². The summed E-state index contributed by atoms with van der Waals surface area (Å²) >= 11 is 0. The van der Waals surface area contributed by atoms with Gasteiger partial charge in [-0.05, 0) is 24.7 Å². The molecule has 1 aliphatic carbocycles. The summed E-state index contributed by atoms with van der Waals surface area (Å²) in [4.78, 5) is 26.0. The largest absolute Gasteiger partial charge is 0.346 e. The van der Waals surface area contributed by atoms with Crippen LogP contribution < -0.4 is 11.1 Å². The lowest BCUT2D eigenvalue weighted by Gasteiger charge is -2.29. The predicted octanol–water partition coefficient (Wildman–Crippen LogP) is 1.68. The normalized spacial score (nSPS) is 17.1. The highest BCUT2D eigenvalue weighted by Crippen LogP contribution is 2.24. The molecule has 126 valence electrons. The molecule has 0 aromatic heterocycles. The summed E-state index contributed by atoms with van der Waals surface area (Å²) < 4.78 is 0. The van der Waals surface area contributed by atoms with Crippen molar-refractivity contribution in [2.75, 3.05) is 19.6 Å². The van der Waals surface area contributed by atoms with E-state index < -0.39 is 6.04 Å². The minimum absolute atomic E-state index is 0.0137. The van der Waals surface area contributed by atoms with Crippen LogP contribution in [0.4, 0.5) is 0 Å². The first-order valence-corrected chi connectivity index (χ1v) is 8.37. The number of amides is 2. The van der Waals surface area contributed by atoms with E-state index >= 15 is 0 Å². The van der Waals surface area contributed by atoms with Gasteiger partial charge in [0.1, 0.15) is 0 Å². The Morgan fingerprint density at radius 3 is 2.50 bits per heavy atom. The summed E-state index contributed by atoms with van der Waals surface area (Å²) in [6.45, 7) is 8.80. The van der Waals surface area contributed by atoms with Gasteiger partial charge in [0.25, 0.3) is 0 Å². The quantitative estimate of drug-likeness (QED) is 0.670. The molecule has 0 bridgehead atoms. The molecule has 0 radical (unpaired) electrons. The molecule has 1 aliphatic rings. The lowest BCUT2D eigenvalue weighted by Crippen LogP contribution is -2.48. The van der Waals surface area contributed by atoms with E-state index in [1.807, 2.05) is 13.8 Å². The number of nitrogens with one attached hydrogen (secondary N) is 1. The van der Waals surface area contributed by atoms with E-state index in [0.717, 1.165) is 6.54 Å². The number of hydrogen-bond acceptors (Lipinski definition) is 3. The van der Waals surface area contributed by atoms with Gasteiger partial charge in [-0.25, -0.2) is 0 Å². The van der Waals surface area contributed by atoms with Gasteiger partial charge < -0.3 is 16.0 Å². The van der Waals surface area contributed by atoms with Gasteiger partial charge >= 0.3 is 0 Å². The van der Waals surface area contributed by atoms with E-state index in [2.05, 4.69) is 11.9 Å². The number of hydrogen-bond donors (Lipinski definition) is 2. The van der Waals surface area contributed by atoms with Crippen LogP contribution in [0, 0.1) is 11.8 Å². The number of carbonyl (C=O) groups excluding carboxylic acids is 2. The molecule has 0 saturated heterocycles. The van der Waals surface area contributed by atoms with Crippen LogP contribution in [-0.2, 0) is 9.59 Å². The van der Waals surface area contributed by atoms with E-state index in [-0.39, 0.29) is 24.3 Å². The van der Waals surface area contributed by atoms with E-state index in [9.17, 15) is 9.59 Å². The maximum absolute atomic E-state index is 12.3. The smallest absolute Gasteiger partial charge is 0.242 e. The Morgan fingerprint density at radius 1 is 1.32 bits per heavy atom. The average molecular weight is 309 g/mol. The monoisotopic (exact) mass is 309 g/mol. The van der Waals surface area contributed by atoms with Gasteiger partial charge in [-0.1, -0.05) is 39.2 Å². The molecule has 0 aromatic rings. The molecule has 1 atom stereocenters. The Kier molecular flexibility index (Phi) is 8.17. The molecular formula is C17H31N3O2. The van der Waals surface area contributed by atoms with E-state index in [4.69, 9.17) is 5.73 Å². The molecule has 1 rings (SSSR count). The molecule has 0 spiro atoms. The molecular weight excluding hydrogens is 278 g/mol. The van der Waals surface area contributed by atoms with Crippen LogP contribution in [0.2, 0.25) is 0 Å². The van der Waals surface area contributed by atoms with Gasteiger partial charge in [-0.2, -0.15) is 0 Å². The molecule has 5 nitrogen and oxygen atoms in total. The molecule has 5 heteroatoms. The fourth-order valence-corrected chi connectivity index (χ4v) is 2.81. The van der Waals surface area contributed by atoms with Gasteiger partial charge in [0.05, 0.1) is 12.6 Å². The highest BCUT2D eigenvalue weighted by atomic mass is 16.2. The summed E-state index contributed by atoms with van der Waals surface area (Å²) in [5, 5.41) is 2.65. The molecule has 0 heterocycles. The van der Waals surface area contributed by atoms with Crippen molar-refractivity contribution in [1.82, 2.24) is 10.2 Å². The number of nitrogens with two attached hydrogens (primary N) is 1. The second-order valence-electron chi connectivity index (χ2n) is 6.58. The van der Waals surface area contributed by atoms with Crippen LogP contribution in [0.5, 0.6) is 0 Å². The Bertz CT molecular complexity index is 376. The van der Waals surface area contributed by atoms with Gasteiger partial charge in [0.2, 0.25) is 11.8 Å². The summed E-state index contributed by atoms with van der Waals surface area (Å²) in [6.07, 6.45) is 7.91. The lowest BCUT2D eigenvalue weighted by molar-refractivity contribution is -0.133. The van der Waals surface area contributed by atoms with Crippen molar-refractivity contribution in [3.8, 4) is 0 Å². The van der Waals surface area contributed by atoms with Crippen molar-refractivity contribution in [3.05, 3.63) is 12.7 Å². The highest BCUT2D eigenvalue weighted by molar-refractivity contribution is 5.87. The highest BCUT2D eigenvalue weighted by Gasteiger charge is 2.22. The fraction of sp³-hybridized carbons (Fsp3) is 0.765. The number of nitrogens with zero attached hydrogens (tertiary/aromatic N) is 1. The van der Waals surface area contributed by atoms with Crippen LogP contribution in [0.1, 0.15) is 46.0 Å². The SMILES string of the molecule is C=CCN(CC1CCCCC1)C(=O)CNC(=O)[C@@H](N)C(C)C. The van der Waals surface area contributed by atoms with Crippen molar-refractivity contribution in [2.45, 2.75) is 52.0 Å². The zero-order chi connectivity index (χ0) is 16.5. The van der Waals surface area contributed by atoms with Gasteiger partial charge in [-0.15, -0.1) is 6.58 Å². The molecule has 2 amide bonds. The standard InChI is InChI=1S/C17H31N3O2/c1-4-10-20(12-14-8-6-5-7-9-14)15(21)11-19-17(22)16(18)13(2)3/h4,13-14,16H,1,5-12,18H2,2-3H3,(H,19,22)/t16-/m0/s1. The molecule has 1 saturated carbocycles. The molecule has 3 N–H and O–H groups in total. The lowest BCUT2D eigenvalue weighted by atomic mass is 9.89. The second kappa shape index (κ2) is 9.62. The van der Waals surface area contributed by atoms with Crippen LogP contribution in [0.15, 0.2) is 12.7 Å². The van der Waals surface area contributed by atoms with Crippen LogP contribution in [-0.4, -0.2) is 42.4 Å². The van der Waals surface area contributed by atoms with Crippen molar-refractivity contribution < 1.29 is 9.59 Å². The number of rotatable bonds is 8. The van der Waals surface area contributed by atoms with E-state index in [1.54, 1.807) is 11.0 Å². The number of carbonyl (C=O) groups is 2. The van der Waals surface area contributed by atoms with Crippen molar-refractivity contribution >= 4 is 11.8 Å². The van der Waals surface area contributed by atoms with Crippen molar-refractivity contribution in [3.63, 3.8) is 0 Å². The molecule has 0 aliphatic heterocycles. The summed E-state index contributed by atoms with van der Waals surface area (Å²) in [7, 11) is 0. The first-order chi connectivity index (χ1) is 10.5. The van der Waals surface area contributed by atoms with Crippen molar-refractivity contribution in [2.24, 2.45) is 17.6 Å². The van der Waals surface area contributed by atoms with Gasteiger partial charge in [0, 0.05) is 13.1 Å². The van der Waals surface area contributed by atoms with E-state index in [1.165, 1.54) is 32.1 Å². The minimum Gasteiger partial charge on any atom is -0.346 e. The third kappa shape index (κ3) is 6.18. The van der Waals surface area contributed by atoms with Crippen LogP contribution in [0.3, 0.4) is 0 Å². The summed E-state index contributed by atoms with van der Waals surface area (Å²) in [6, 6.07) is -0.570. The van der Waals surface area contributed by atoms with Crippen LogP contribution in [0.25, 0.3) is 0 Å². The minimum atomic E-state index is -0.570. The second-order valence-corrected chi connectivity index (χ2v) is 6.58. The van der Waals surface area contributed by atoms with E-state index in [0.29, 0.717) is 12.5 Å². The fourth-order valence-electron chi connectivity index (χ4n) is 2.81. The molecule has 1 fully saturated rings. The Hall–Kier alpha value is -1.36. The van der Waals surface area contributed by atoms with Crippen molar-refractivity contribution in [1.29, 1.82) is 0 Å². The average Bonchev–Trinajstić information content (AvgIpc) is 2.52. The molecule has 0 unspecified atom stereocenters. The zero-order valence-electron chi connectivity index (χ0n) is 14.0. The molecule has 0 aromatic carbocycles. The summed E-state index contributed by atoms with van der Waals surface area (Å²) in [5.41, 5.74) is 5.78. The first-order valence-electron chi connectivity index (χ1n) is 8.37. The third-order valence-electron chi connectivity index (χ3n) is 4.34. The predicted molar refractivity (Wildman–Crippen MR) is 89.2 cm³/mol.